The van der Waals surface area contributed by atoms with Gasteiger partial charge in [-0.1, -0.05) is 18.2 Å². The minimum absolute atomic E-state index is 0.390. The summed E-state index contributed by atoms with van der Waals surface area (Å²) in [4.78, 5) is 4.18. The Kier molecular flexibility index (Phi) is 4.95. The van der Waals surface area contributed by atoms with Crippen molar-refractivity contribution in [3.8, 4) is 11.8 Å². The van der Waals surface area contributed by atoms with E-state index in [4.69, 9.17) is 5.73 Å². The smallest absolute Gasteiger partial charge is 0.145 e. The van der Waals surface area contributed by atoms with Crippen molar-refractivity contribution >= 4 is 11.5 Å². The zero-order valence-electron chi connectivity index (χ0n) is 14.1. The zero-order chi connectivity index (χ0) is 17.6. The first-order valence-electron chi connectivity index (χ1n) is 8.18. The van der Waals surface area contributed by atoms with Crippen LogP contribution in [0.1, 0.15) is 23.4 Å². The Morgan fingerprint density at radius 3 is 2.76 bits per heavy atom. The molecule has 126 valence electrons. The number of para-hydroxylation sites is 1. The standard InChI is InChI=1S/C19H20N6/c1-14-12-15(9-11-22-14)23-10-5-8-18-17(13-20)19(21)25(24-18)16-6-3-2-4-7-16/h2-4,6-7,9,11-12H,5,8,10,21H2,1H3,(H,22,23). The number of nitriles is 1. The number of nitrogen functional groups attached to an aromatic ring is 1. The molecule has 0 aliphatic heterocycles. The maximum Gasteiger partial charge on any atom is 0.145 e. The third kappa shape index (κ3) is 3.78. The quantitative estimate of drug-likeness (QED) is 0.677. The minimum Gasteiger partial charge on any atom is -0.385 e. The van der Waals surface area contributed by atoms with Gasteiger partial charge in [-0.3, -0.25) is 4.98 Å². The lowest BCUT2D eigenvalue weighted by Gasteiger charge is -2.06. The number of benzene rings is 1. The van der Waals surface area contributed by atoms with Crippen molar-refractivity contribution in [2.24, 2.45) is 0 Å². The van der Waals surface area contributed by atoms with Gasteiger partial charge in [0, 0.05) is 24.1 Å². The van der Waals surface area contributed by atoms with Crippen LogP contribution in [0.4, 0.5) is 11.5 Å². The highest BCUT2D eigenvalue weighted by molar-refractivity contribution is 5.56. The molecular formula is C19H20N6. The average molecular weight is 332 g/mol. The molecule has 0 unspecified atom stereocenters. The molecular weight excluding hydrogens is 312 g/mol. The number of nitrogens with zero attached hydrogens (tertiary/aromatic N) is 4. The molecule has 0 fully saturated rings. The number of anilines is 2. The fraction of sp³-hybridized carbons (Fsp3) is 0.211. The molecule has 0 bridgehead atoms. The molecule has 1 aromatic carbocycles. The molecule has 0 amide bonds. The zero-order valence-corrected chi connectivity index (χ0v) is 14.1. The van der Waals surface area contributed by atoms with Gasteiger partial charge in [0.15, 0.2) is 0 Å². The number of nitrogens with one attached hydrogen (secondary N) is 1. The van der Waals surface area contributed by atoms with Gasteiger partial charge in [-0.25, -0.2) is 4.68 Å². The normalized spacial score (nSPS) is 10.4. The summed E-state index contributed by atoms with van der Waals surface area (Å²) in [6.45, 7) is 2.75. The van der Waals surface area contributed by atoms with Crippen LogP contribution in [0.5, 0.6) is 0 Å². The molecule has 3 N–H and O–H groups in total. The minimum atomic E-state index is 0.390. The van der Waals surface area contributed by atoms with Crippen molar-refractivity contribution in [1.29, 1.82) is 5.26 Å². The SMILES string of the molecule is Cc1cc(NCCCc2nn(-c3ccccc3)c(N)c2C#N)ccn1. The first-order chi connectivity index (χ1) is 12.2. The van der Waals surface area contributed by atoms with Gasteiger partial charge < -0.3 is 11.1 Å². The van der Waals surface area contributed by atoms with Crippen LogP contribution in [0.15, 0.2) is 48.7 Å². The van der Waals surface area contributed by atoms with E-state index in [1.807, 2.05) is 49.4 Å². The number of rotatable bonds is 6. The molecule has 3 aromatic rings. The van der Waals surface area contributed by atoms with Crippen LogP contribution in [0.3, 0.4) is 0 Å². The van der Waals surface area contributed by atoms with Crippen LogP contribution in [0.2, 0.25) is 0 Å². The fourth-order valence-electron chi connectivity index (χ4n) is 2.69. The molecule has 6 heteroatoms. The van der Waals surface area contributed by atoms with E-state index in [0.717, 1.165) is 35.7 Å². The van der Waals surface area contributed by atoms with Crippen LogP contribution in [0.25, 0.3) is 5.69 Å². The largest absolute Gasteiger partial charge is 0.385 e. The third-order valence-electron chi connectivity index (χ3n) is 3.92. The van der Waals surface area contributed by atoms with Gasteiger partial charge in [-0.05, 0) is 44.0 Å². The predicted octanol–water partition coefficient (Wildman–Crippen LogP) is 3.07. The summed E-state index contributed by atoms with van der Waals surface area (Å²) >= 11 is 0. The summed E-state index contributed by atoms with van der Waals surface area (Å²) in [6, 6.07) is 15.7. The average Bonchev–Trinajstić information content (AvgIpc) is 2.95. The Bertz CT molecular complexity index is 892. The van der Waals surface area contributed by atoms with E-state index >= 15 is 0 Å². The van der Waals surface area contributed by atoms with Crippen molar-refractivity contribution in [3.63, 3.8) is 0 Å². The highest BCUT2D eigenvalue weighted by Gasteiger charge is 2.15. The molecule has 2 aromatic heterocycles. The Morgan fingerprint density at radius 1 is 1.24 bits per heavy atom. The second-order valence-electron chi connectivity index (χ2n) is 5.78. The van der Waals surface area contributed by atoms with E-state index in [1.165, 1.54) is 0 Å². The van der Waals surface area contributed by atoms with Gasteiger partial charge in [0.05, 0.1) is 11.4 Å². The lowest BCUT2D eigenvalue weighted by Crippen LogP contribution is -2.04. The van der Waals surface area contributed by atoms with Crippen molar-refractivity contribution in [2.45, 2.75) is 19.8 Å². The third-order valence-corrected chi connectivity index (χ3v) is 3.92. The second-order valence-corrected chi connectivity index (χ2v) is 5.78. The van der Waals surface area contributed by atoms with E-state index in [0.29, 0.717) is 17.8 Å². The molecule has 6 nitrogen and oxygen atoms in total. The van der Waals surface area contributed by atoms with Gasteiger partial charge in [-0.15, -0.1) is 0 Å². The number of pyridine rings is 1. The molecule has 0 aliphatic rings. The van der Waals surface area contributed by atoms with Gasteiger partial charge in [0.1, 0.15) is 17.5 Å². The fourth-order valence-corrected chi connectivity index (χ4v) is 2.69. The molecule has 0 spiro atoms. The number of nitrogens with two attached hydrogens (primary N) is 1. The van der Waals surface area contributed by atoms with Crippen LogP contribution in [-0.2, 0) is 6.42 Å². The maximum atomic E-state index is 9.42. The number of hydrogen-bond donors (Lipinski definition) is 2. The lowest BCUT2D eigenvalue weighted by atomic mass is 10.1. The molecule has 0 saturated carbocycles. The lowest BCUT2D eigenvalue weighted by molar-refractivity contribution is 0.790. The van der Waals surface area contributed by atoms with E-state index in [1.54, 1.807) is 10.9 Å². The van der Waals surface area contributed by atoms with Gasteiger partial charge in [0.25, 0.3) is 0 Å². The summed E-state index contributed by atoms with van der Waals surface area (Å²) in [5.74, 6) is 0.390. The summed E-state index contributed by atoms with van der Waals surface area (Å²) in [6.07, 6.45) is 3.32. The van der Waals surface area contributed by atoms with E-state index in [-0.39, 0.29) is 0 Å². The molecule has 0 radical (unpaired) electrons. The number of aromatic nitrogens is 3. The maximum absolute atomic E-state index is 9.42. The van der Waals surface area contributed by atoms with Crippen molar-refractivity contribution < 1.29 is 0 Å². The van der Waals surface area contributed by atoms with Crippen molar-refractivity contribution in [3.05, 3.63) is 65.6 Å². The van der Waals surface area contributed by atoms with Gasteiger partial charge in [-0.2, -0.15) is 10.4 Å². The Balaban J connectivity index is 1.67. The molecule has 3 rings (SSSR count). The molecule has 25 heavy (non-hydrogen) atoms. The van der Waals surface area contributed by atoms with Gasteiger partial charge in [0.2, 0.25) is 0 Å². The van der Waals surface area contributed by atoms with Crippen molar-refractivity contribution in [1.82, 2.24) is 14.8 Å². The molecule has 0 aliphatic carbocycles. The monoisotopic (exact) mass is 332 g/mol. The summed E-state index contributed by atoms with van der Waals surface area (Å²) in [5.41, 5.74) is 10.2. The second kappa shape index (κ2) is 7.49. The molecule has 2 heterocycles. The highest BCUT2D eigenvalue weighted by Crippen LogP contribution is 2.21. The number of hydrogen-bond acceptors (Lipinski definition) is 5. The summed E-state index contributed by atoms with van der Waals surface area (Å²) < 4.78 is 1.63. The Morgan fingerprint density at radius 2 is 2.04 bits per heavy atom. The molecule has 0 saturated heterocycles. The Labute approximate surface area is 146 Å². The van der Waals surface area contributed by atoms with Crippen LogP contribution in [0, 0.1) is 18.3 Å². The van der Waals surface area contributed by atoms with E-state index in [2.05, 4.69) is 21.5 Å². The summed E-state index contributed by atoms with van der Waals surface area (Å²) in [7, 11) is 0. The van der Waals surface area contributed by atoms with E-state index in [9.17, 15) is 5.26 Å². The van der Waals surface area contributed by atoms with Gasteiger partial charge >= 0.3 is 0 Å². The van der Waals surface area contributed by atoms with Crippen LogP contribution in [-0.4, -0.2) is 21.3 Å². The first-order valence-corrected chi connectivity index (χ1v) is 8.18. The molecule has 0 atom stereocenters. The number of aryl methyl sites for hydroxylation is 2. The van der Waals surface area contributed by atoms with Crippen molar-refractivity contribution in [2.75, 3.05) is 17.6 Å². The summed E-state index contributed by atoms with van der Waals surface area (Å²) in [5, 5.41) is 17.3. The van der Waals surface area contributed by atoms with Crippen LogP contribution >= 0.6 is 0 Å². The Hall–Kier alpha value is -3.33. The van der Waals surface area contributed by atoms with E-state index < -0.39 is 0 Å². The highest BCUT2D eigenvalue weighted by atomic mass is 15.3. The first kappa shape index (κ1) is 16.5. The van der Waals surface area contributed by atoms with Crippen LogP contribution < -0.4 is 11.1 Å². The topological polar surface area (TPSA) is 92.5 Å². The predicted molar refractivity (Wildman–Crippen MR) is 98.5 cm³/mol.